The molecule has 0 bridgehead atoms. The van der Waals surface area contributed by atoms with E-state index in [9.17, 15) is 4.79 Å². The molecule has 0 spiro atoms. The first-order valence-corrected chi connectivity index (χ1v) is 9.66. The van der Waals surface area contributed by atoms with Gasteiger partial charge >= 0.3 is 0 Å². The maximum Gasteiger partial charge on any atom is 0.277 e. The van der Waals surface area contributed by atoms with Crippen molar-refractivity contribution >= 4 is 35.0 Å². The van der Waals surface area contributed by atoms with Crippen LogP contribution < -0.4 is 14.8 Å². The molecule has 9 heteroatoms. The van der Waals surface area contributed by atoms with Crippen LogP contribution in [0.5, 0.6) is 11.5 Å². The zero-order chi connectivity index (χ0) is 19.9. The van der Waals surface area contributed by atoms with Crippen molar-refractivity contribution in [1.82, 2.24) is 10.2 Å². The summed E-state index contributed by atoms with van der Waals surface area (Å²) >= 11 is 7.19. The molecule has 7 nitrogen and oxygen atoms in total. The molecule has 1 aromatic heterocycles. The third-order valence-corrected chi connectivity index (χ3v) is 4.87. The van der Waals surface area contributed by atoms with E-state index in [0.29, 0.717) is 39.7 Å². The fraction of sp³-hybridized carbons (Fsp3) is 0.211. The number of amides is 1. The van der Waals surface area contributed by atoms with Crippen LogP contribution >= 0.6 is 23.4 Å². The lowest BCUT2D eigenvalue weighted by atomic mass is 10.1. The van der Waals surface area contributed by atoms with Gasteiger partial charge in [-0.1, -0.05) is 41.6 Å². The molecule has 0 fully saturated rings. The number of para-hydroxylation sites is 1. The lowest BCUT2D eigenvalue weighted by molar-refractivity contribution is -0.113. The molecule has 0 radical (unpaired) electrons. The molecule has 2 aromatic carbocycles. The van der Waals surface area contributed by atoms with E-state index in [-0.39, 0.29) is 11.7 Å². The standard InChI is InChI=1S/C19H18ClN3O4S/c1-25-15-8-7-12(9-16(15)26-2)10-18-22-23-19(27-18)28-11-17(24)21-14-6-4-3-5-13(14)20/h3-9H,10-11H2,1-2H3,(H,21,24). The molecule has 0 aliphatic carbocycles. The Morgan fingerprint density at radius 1 is 1.14 bits per heavy atom. The van der Waals surface area contributed by atoms with Crippen molar-refractivity contribution in [2.45, 2.75) is 11.6 Å². The van der Waals surface area contributed by atoms with Crippen molar-refractivity contribution in [1.29, 1.82) is 0 Å². The second kappa shape index (κ2) is 9.48. The topological polar surface area (TPSA) is 86.5 Å². The van der Waals surface area contributed by atoms with Gasteiger partial charge in [-0.15, -0.1) is 10.2 Å². The number of aromatic nitrogens is 2. The largest absolute Gasteiger partial charge is 0.493 e. The van der Waals surface area contributed by atoms with Gasteiger partial charge in [0.1, 0.15) is 0 Å². The van der Waals surface area contributed by atoms with Gasteiger partial charge < -0.3 is 19.2 Å². The number of thioether (sulfide) groups is 1. The van der Waals surface area contributed by atoms with Crippen LogP contribution in [0.1, 0.15) is 11.5 Å². The number of methoxy groups -OCH3 is 2. The maximum absolute atomic E-state index is 12.1. The van der Waals surface area contributed by atoms with Gasteiger partial charge in [-0.05, 0) is 29.8 Å². The Morgan fingerprint density at radius 3 is 2.68 bits per heavy atom. The van der Waals surface area contributed by atoms with Gasteiger partial charge in [-0.3, -0.25) is 4.79 Å². The molecule has 146 valence electrons. The number of benzene rings is 2. The number of ether oxygens (including phenoxy) is 2. The minimum atomic E-state index is -0.210. The molecule has 1 heterocycles. The van der Waals surface area contributed by atoms with Crippen LogP contribution in [-0.2, 0) is 11.2 Å². The fourth-order valence-corrected chi connectivity index (χ4v) is 3.17. The van der Waals surface area contributed by atoms with Gasteiger partial charge in [0, 0.05) is 0 Å². The molecule has 28 heavy (non-hydrogen) atoms. The zero-order valence-corrected chi connectivity index (χ0v) is 16.8. The number of rotatable bonds is 8. The summed E-state index contributed by atoms with van der Waals surface area (Å²) in [7, 11) is 3.16. The Hall–Kier alpha value is -2.71. The molecule has 0 aliphatic rings. The van der Waals surface area contributed by atoms with E-state index >= 15 is 0 Å². The average Bonchev–Trinajstić information content (AvgIpc) is 3.15. The highest BCUT2D eigenvalue weighted by atomic mass is 35.5. The Kier molecular flexibility index (Phi) is 6.78. The third kappa shape index (κ3) is 5.17. The summed E-state index contributed by atoms with van der Waals surface area (Å²) < 4.78 is 16.1. The van der Waals surface area contributed by atoms with Crippen LogP contribution in [0.2, 0.25) is 5.02 Å². The molecule has 3 rings (SSSR count). The molecular weight excluding hydrogens is 402 g/mol. The fourth-order valence-electron chi connectivity index (χ4n) is 2.41. The van der Waals surface area contributed by atoms with Crippen LogP contribution in [-0.4, -0.2) is 36.1 Å². The monoisotopic (exact) mass is 419 g/mol. The number of halogens is 1. The van der Waals surface area contributed by atoms with E-state index in [1.165, 1.54) is 0 Å². The molecular formula is C19H18ClN3O4S. The Bertz CT molecular complexity index is 964. The summed E-state index contributed by atoms with van der Waals surface area (Å²) in [6, 6.07) is 12.6. The molecule has 0 unspecified atom stereocenters. The Labute approximate surface area is 171 Å². The van der Waals surface area contributed by atoms with Crippen LogP contribution in [0.4, 0.5) is 5.69 Å². The highest BCUT2D eigenvalue weighted by Crippen LogP contribution is 2.28. The number of nitrogens with one attached hydrogen (secondary N) is 1. The summed E-state index contributed by atoms with van der Waals surface area (Å²) in [5.41, 5.74) is 1.50. The Balaban J connectivity index is 1.55. The zero-order valence-electron chi connectivity index (χ0n) is 15.3. The van der Waals surface area contributed by atoms with Gasteiger partial charge in [0.15, 0.2) is 11.5 Å². The van der Waals surface area contributed by atoms with Crippen LogP contribution in [0.25, 0.3) is 0 Å². The first-order chi connectivity index (χ1) is 13.6. The SMILES string of the molecule is COc1ccc(Cc2nnc(SCC(=O)Nc3ccccc3Cl)o2)cc1OC. The molecule has 0 aliphatic heterocycles. The summed E-state index contributed by atoms with van der Waals surface area (Å²) in [5.74, 6) is 1.64. The molecule has 0 saturated heterocycles. The van der Waals surface area contributed by atoms with E-state index < -0.39 is 0 Å². The van der Waals surface area contributed by atoms with E-state index in [2.05, 4.69) is 15.5 Å². The highest BCUT2D eigenvalue weighted by Gasteiger charge is 2.12. The summed E-state index contributed by atoms with van der Waals surface area (Å²) in [6.07, 6.45) is 0.444. The first-order valence-electron chi connectivity index (χ1n) is 8.29. The Morgan fingerprint density at radius 2 is 1.93 bits per heavy atom. The summed E-state index contributed by atoms with van der Waals surface area (Å²) in [5, 5.41) is 11.5. The van der Waals surface area contributed by atoms with Crippen molar-refractivity contribution in [2.75, 3.05) is 25.3 Å². The predicted octanol–water partition coefficient (Wildman–Crippen LogP) is 4.06. The van der Waals surface area contributed by atoms with Crippen molar-refractivity contribution in [3.63, 3.8) is 0 Å². The quantitative estimate of drug-likeness (QED) is 0.551. The minimum absolute atomic E-state index is 0.128. The number of anilines is 1. The van der Waals surface area contributed by atoms with Gasteiger partial charge in [-0.25, -0.2) is 0 Å². The number of nitrogens with zero attached hydrogens (tertiary/aromatic N) is 2. The maximum atomic E-state index is 12.1. The van der Waals surface area contributed by atoms with Crippen LogP contribution in [0.3, 0.4) is 0 Å². The van der Waals surface area contributed by atoms with Crippen molar-refractivity contribution in [3.05, 3.63) is 58.9 Å². The summed E-state index contributed by atoms with van der Waals surface area (Å²) in [4.78, 5) is 12.1. The molecule has 1 N–H and O–H groups in total. The van der Waals surface area contributed by atoms with Gasteiger partial charge in [0.25, 0.3) is 5.22 Å². The van der Waals surface area contributed by atoms with E-state index in [1.54, 1.807) is 38.5 Å². The average molecular weight is 420 g/mol. The molecule has 0 atom stereocenters. The van der Waals surface area contributed by atoms with Gasteiger partial charge in [0.05, 0.1) is 37.1 Å². The first kappa shape index (κ1) is 20.0. The number of hydrogen-bond donors (Lipinski definition) is 1. The summed E-state index contributed by atoms with van der Waals surface area (Å²) in [6.45, 7) is 0. The van der Waals surface area contributed by atoms with E-state index in [4.69, 9.17) is 25.5 Å². The minimum Gasteiger partial charge on any atom is -0.493 e. The predicted molar refractivity (Wildman–Crippen MR) is 107 cm³/mol. The van der Waals surface area contributed by atoms with Crippen LogP contribution in [0, 0.1) is 0 Å². The smallest absolute Gasteiger partial charge is 0.277 e. The van der Waals surface area contributed by atoms with Crippen molar-refractivity contribution in [2.24, 2.45) is 0 Å². The second-order valence-corrected chi connectivity index (χ2v) is 6.98. The number of carbonyl (C=O) groups is 1. The van der Waals surface area contributed by atoms with Crippen LogP contribution in [0.15, 0.2) is 52.1 Å². The van der Waals surface area contributed by atoms with Crippen molar-refractivity contribution in [3.8, 4) is 11.5 Å². The third-order valence-electron chi connectivity index (χ3n) is 3.73. The highest BCUT2D eigenvalue weighted by molar-refractivity contribution is 7.99. The number of hydrogen-bond acceptors (Lipinski definition) is 7. The lowest BCUT2D eigenvalue weighted by Gasteiger charge is -2.08. The lowest BCUT2D eigenvalue weighted by Crippen LogP contribution is -2.14. The second-order valence-electron chi connectivity index (χ2n) is 5.64. The normalized spacial score (nSPS) is 10.5. The number of carbonyl (C=O) groups excluding carboxylic acids is 1. The van der Waals surface area contributed by atoms with Crippen molar-refractivity contribution < 1.29 is 18.7 Å². The van der Waals surface area contributed by atoms with Gasteiger partial charge in [0.2, 0.25) is 11.8 Å². The van der Waals surface area contributed by atoms with Gasteiger partial charge in [-0.2, -0.15) is 0 Å². The molecule has 0 saturated carbocycles. The molecule has 1 amide bonds. The van der Waals surface area contributed by atoms with E-state index in [1.807, 2.05) is 18.2 Å². The molecule has 3 aromatic rings. The van der Waals surface area contributed by atoms with E-state index in [0.717, 1.165) is 17.3 Å².